The van der Waals surface area contributed by atoms with Crippen molar-refractivity contribution in [3.8, 4) is 11.8 Å². The van der Waals surface area contributed by atoms with E-state index in [1.165, 1.54) is 0 Å². The SMILES string of the molecule is CC1C#CC=CC(O)C1. The van der Waals surface area contributed by atoms with Gasteiger partial charge in [-0.05, 0) is 18.6 Å². The van der Waals surface area contributed by atoms with Gasteiger partial charge in [-0.1, -0.05) is 18.8 Å². The summed E-state index contributed by atoms with van der Waals surface area (Å²) in [5, 5.41) is 9.09. The Kier molecular flexibility index (Phi) is 1.92. The Hall–Kier alpha value is -0.740. The second-order valence-corrected chi connectivity index (χ2v) is 2.35. The summed E-state index contributed by atoms with van der Waals surface area (Å²) in [6, 6.07) is 0. The minimum atomic E-state index is -0.303. The normalized spacial score (nSPS) is 32.7. The summed E-state index contributed by atoms with van der Waals surface area (Å²) in [6.45, 7) is 2.02. The van der Waals surface area contributed by atoms with Crippen LogP contribution in [0.4, 0.5) is 0 Å². The molecule has 0 saturated carbocycles. The van der Waals surface area contributed by atoms with E-state index in [2.05, 4.69) is 11.8 Å². The molecule has 0 amide bonds. The van der Waals surface area contributed by atoms with Crippen LogP contribution in [0, 0.1) is 17.8 Å². The average molecular weight is 122 g/mol. The van der Waals surface area contributed by atoms with Crippen LogP contribution in [0.2, 0.25) is 0 Å². The fourth-order valence-electron chi connectivity index (χ4n) is 0.849. The van der Waals surface area contributed by atoms with Crippen molar-refractivity contribution in [3.05, 3.63) is 12.2 Å². The molecule has 0 bridgehead atoms. The first kappa shape index (κ1) is 6.38. The Labute approximate surface area is 55.4 Å². The molecule has 2 unspecified atom stereocenters. The lowest BCUT2D eigenvalue weighted by atomic mass is 10.1. The van der Waals surface area contributed by atoms with Gasteiger partial charge in [-0.2, -0.15) is 0 Å². The first-order valence-corrected chi connectivity index (χ1v) is 3.15. The predicted octanol–water partition coefficient (Wildman–Crippen LogP) is 0.947. The van der Waals surface area contributed by atoms with Crippen molar-refractivity contribution in [2.45, 2.75) is 19.4 Å². The lowest BCUT2D eigenvalue weighted by Gasteiger charge is -2.04. The quantitative estimate of drug-likeness (QED) is 0.474. The minimum absolute atomic E-state index is 0.303. The largest absolute Gasteiger partial charge is 0.389 e. The second kappa shape index (κ2) is 2.70. The third kappa shape index (κ3) is 1.91. The van der Waals surface area contributed by atoms with E-state index in [-0.39, 0.29) is 6.10 Å². The third-order valence-electron chi connectivity index (χ3n) is 1.33. The van der Waals surface area contributed by atoms with E-state index in [1.807, 2.05) is 6.92 Å². The monoisotopic (exact) mass is 122 g/mol. The highest BCUT2D eigenvalue weighted by atomic mass is 16.3. The molecule has 1 aliphatic rings. The topological polar surface area (TPSA) is 20.2 Å². The van der Waals surface area contributed by atoms with Crippen molar-refractivity contribution < 1.29 is 5.11 Å². The molecule has 0 spiro atoms. The van der Waals surface area contributed by atoms with Crippen molar-refractivity contribution >= 4 is 0 Å². The summed E-state index contributed by atoms with van der Waals surface area (Å²) in [7, 11) is 0. The highest BCUT2D eigenvalue weighted by Gasteiger charge is 2.05. The predicted molar refractivity (Wildman–Crippen MR) is 36.7 cm³/mol. The summed E-state index contributed by atoms with van der Waals surface area (Å²) < 4.78 is 0. The molecule has 1 heteroatoms. The van der Waals surface area contributed by atoms with Gasteiger partial charge in [0.05, 0.1) is 6.10 Å². The average Bonchev–Trinajstić information content (AvgIpc) is 1.93. The van der Waals surface area contributed by atoms with Crippen molar-refractivity contribution in [3.63, 3.8) is 0 Å². The van der Waals surface area contributed by atoms with Crippen molar-refractivity contribution in [1.82, 2.24) is 0 Å². The van der Waals surface area contributed by atoms with Gasteiger partial charge >= 0.3 is 0 Å². The highest BCUT2D eigenvalue weighted by molar-refractivity contribution is 5.20. The summed E-state index contributed by atoms with van der Waals surface area (Å²) in [6.07, 6.45) is 3.91. The van der Waals surface area contributed by atoms with Gasteiger partial charge in [0.15, 0.2) is 0 Å². The van der Waals surface area contributed by atoms with Gasteiger partial charge in [-0.25, -0.2) is 0 Å². The summed E-state index contributed by atoms with van der Waals surface area (Å²) >= 11 is 0. The third-order valence-corrected chi connectivity index (χ3v) is 1.33. The molecule has 0 aromatic heterocycles. The molecule has 1 aliphatic carbocycles. The fraction of sp³-hybridized carbons (Fsp3) is 0.500. The van der Waals surface area contributed by atoms with Crippen LogP contribution in [0.3, 0.4) is 0 Å². The highest BCUT2D eigenvalue weighted by Crippen LogP contribution is 2.07. The van der Waals surface area contributed by atoms with Crippen LogP contribution in [-0.4, -0.2) is 11.2 Å². The summed E-state index contributed by atoms with van der Waals surface area (Å²) in [4.78, 5) is 0. The molecule has 0 saturated heterocycles. The first-order valence-electron chi connectivity index (χ1n) is 3.15. The molecule has 1 nitrogen and oxygen atoms in total. The minimum Gasteiger partial charge on any atom is -0.389 e. The molecular weight excluding hydrogens is 112 g/mol. The molecule has 0 aromatic carbocycles. The number of hydrogen-bond donors (Lipinski definition) is 1. The van der Waals surface area contributed by atoms with Gasteiger partial charge in [-0.3, -0.25) is 0 Å². The number of allylic oxidation sites excluding steroid dienone is 1. The van der Waals surface area contributed by atoms with Gasteiger partial charge in [-0.15, -0.1) is 0 Å². The molecule has 0 heterocycles. The standard InChI is InChI=1S/C8H10O/c1-7-4-2-3-5-8(9)6-7/h3,5,7-9H,6H2,1H3. The Bertz CT molecular complexity index is 171. The van der Waals surface area contributed by atoms with Crippen molar-refractivity contribution in [1.29, 1.82) is 0 Å². The van der Waals surface area contributed by atoms with E-state index in [1.54, 1.807) is 12.2 Å². The van der Waals surface area contributed by atoms with Crippen LogP contribution in [-0.2, 0) is 0 Å². The van der Waals surface area contributed by atoms with E-state index in [9.17, 15) is 0 Å². The van der Waals surface area contributed by atoms with E-state index in [0.29, 0.717) is 5.92 Å². The molecule has 0 aromatic rings. The van der Waals surface area contributed by atoms with Crippen LogP contribution in [0.5, 0.6) is 0 Å². The van der Waals surface area contributed by atoms with Gasteiger partial charge in [0.2, 0.25) is 0 Å². The molecule has 1 rings (SSSR count). The van der Waals surface area contributed by atoms with Gasteiger partial charge in [0, 0.05) is 5.92 Å². The lowest BCUT2D eigenvalue weighted by molar-refractivity contribution is 0.202. The van der Waals surface area contributed by atoms with E-state index in [4.69, 9.17) is 5.11 Å². The van der Waals surface area contributed by atoms with E-state index < -0.39 is 0 Å². The Morgan fingerprint density at radius 3 is 3.22 bits per heavy atom. The van der Waals surface area contributed by atoms with Gasteiger partial charge < -0.3 is 5.11 Å². The summed E-state index contributed by atoms with van der Waals surface area (Å²) in [5.41, 5.74) is 0. The summed E-state index contributed by atoms with van der Waals surface area (Å²) in [5.74, 6) is 6.14. The first-order chi connectivity index (χ1) is 4.29. The van der Waals surface area contributed by atoms with Crippen molar-refractivity contribution in [2.75, 3.05) is 0 Å². The van der Waals surface area contributed by atoms with Crippen LogP contribution in [0.15, 0.2) is 12.2 Å². The molecule has 0 radical (unpaired) electrons. The van der Waals surface area contributed by atoms with Gasteiger partial charge in [0.1, 0.15) is 0 Å². The molecule has 0 fully saturated rings. The van der Waals surface area contributed by atoms with E-state index in [0.717, 1.165) is 6.42 Å². The maximum Gasteiger partial charge on any atom is 0.0741 e. The molecular formula is C8H10O. The second-order valence-electron chi connectivity index (χ2n) is 2.35. The zero-order valence-corrected chi connectivity index (χ0v) is 5.46. The maximum atomic E-state index is 9.09. The number of hydrogen-bond acceptors (Lipinski definition) is 1. The van der Waals surface area contributed by atoms with Crippen LogP contribution >= 0.6 is 0 Å². The van der Waals surface area contributed by atoms with Crippen molar-refractivity contribution in [2.24, 2.45) is 5.92 Å². The molecule has 0 aliphatic heterocycles. The van der Waals surface area contributed by atoms with Gasteiger partial charge in [0.25, 0.3) is 0 Å². The molecule has 2 atom stereocenters. The lowest BCUT2D eigenvalue weighted by Crippen LogP contribution is -2.05. The zero-order valence-electron chi connectivity index (χ0n) is 5.46. The Balaban J connectivity index is 2.61. The Morgan fingerprint density at radius 1 is 1.67 bits per heavy atom. The van der Waals surface area contributed by atoms with Crippen LogP contribution in [0.25, 0.3) is 0 Å². The molecule has 48 valence electrons. The number of aliphatic hydroxyl groups excluding tert-OH is 1. The van der Waals surface area contributed by atoms with Crippen LogP contribution in [0.1, 0.15) is 13.3 Å². The number of rotatable bonds is 0. The van der Waals surface area contributed by atoms with Crippen LogP contribution < -0.4 is 0 Å². The number of aliphatic hydroxyl groups is 1. The molecule has 1 N–H and O–H groups in total. The zero-order chi connectivity index (χ0) is 6.69. The Morgan fingerprint density at radius 2 is 2.44 bits per heavy atom. The molecule has 9 heavy (non-hydrogen) atoms. The smallest absolute Gasteiger partial charge is 0.0741 e. The fourth-order valence-corrected chi connectivity index (χ4v) is 0.849. The maximum absolute atomic E-state index is 9.09. The van der Waals surface area contributed by atoms with E-state index >= 15 is 0 Å².